The van der Waals surface area contributed by atoms with Gasteiger partial charge in [-0.25, -0.2) is 0 Å². The zero-order chi connectivity index (χ0) is 13.2. The van der Waals surface area contributed by atoms with Crippen LogP contribution in [0.15, 0.2) is 11.6 Å². The molecule has 1 aliphatic carbocycles. The largest absolute Gasteiger partial charge is 0.481 e. The van der Waals surface area contributed by atoms with Crippen molar-refractivity contribution in [1.29, 1.82) is 0 Å². The zero-order valence-corrected chi connectivity index (χ0v) is 11.7. The predicted molar refractivity (Wildman–Crippen MR) is 74.8 cm³/mol. The van der Waals surface area contributed by atoms with E-state index in [4.69, 9.17) is 5.11 Å². The molecule has 0 unspecified atom stereocenters. The van der Waals surface area contributed by atoms with Crippen LogP contribution < -0.4 is 0 Å². The molecule has 0 saturated heterocycles. The number of hydrogen-bond acceptors (Lipinski definition) is 2. The minimum absolute atomic E-state index is 0.267. The van der Waals surface area contributed by atoms with Gasteiger partial charge < -0.3 is 10.0 Å². The lowest BCUT2D eigenvalue weighted by atomic mass is 9.97. The SMILES string of the molecule is CCCCN(CCC(=O)O)CCC1=CCCCC1. The number of hydrogen-bond donors (Lipinski definition) is 1. The van der Waals surface area contributed by atoms with Crippen LogP contribution in [0.5, 0.6) is 0 Å². The molecule has 0 aromatic rings. The fourth-order valence-corrected chi connectivity index (χ4v) is 2.40. The highest BCUT2D eigenvalue weighted by atomic mass is 16.4. The molecule has 1 aliphatic rings. The Hall–Kier alpha value is -0.830. The fraction of sp³-hybridized carbons (Fsp3) is 0.800. The first-order valence-corrected chi connectivity index (χ1v) is 7.34. The summed E-state index contributed by atoms with van der Waals surface area (Å²) in [6, 6.07) is 0. The second-order valence-corrected chi connectivity index (χ2v) is 5.20. The number of nitrogens with zero attached hydrogens (tertiary/aromatic N) is 1. The molecular formula is C15H27NO2. The van der Waals surface area contributed by atoms with Gasteiger partial charge in [-0.2, -0.15) is 0 Å². The Kier molecular flexibility index (Phi) is 7.74. The average molecular weight is 253 g/mol. The molecule has 0 fully saturated rings. The second-order valence-electron chi connectivity index (χ2n) is 5.20. The van der Waals surface area contributed by atoms with Crippen LogP contribution in [-0.2, 0) is 4.79 Å². The molecule has 0 bridgehead atoms. The summed E-state index contributed by atoms with van der Waals surface area (Å²) < 4.78 is 0. The highest BCUT2D eigenvalue weighted by molar-refractivity contribution is 5.66. The molecule has 1 rings (SSSR count). The van der Waals surface area contributed by atoms with Gasteiger partial charge in [0.2, 0.25) is 0 Å². The van der Waals surface area contributed by atoms with Crippen LogP contribution in [0.3, 0.4) is 0 Å². The molecule has 1 N–H and O–H groups in total. The Balaban J connectivity index is 2.29. The first kappa shape index (κ1) is 15.2. The van der Waals surface area contributed by atoms with Crippen molar-refractivity contribution in [3.63, 3.8) is 0 Å². The Labute approximate surface area is 111 Å². The van der Waals surface area contributed by atoms with E-state index in [1.165, 1.54) is 38.5 Å². The van der Waals surface area contributed by atoms with Crippen LogP contribution in [-0.4, -0.2) is 35.6 Å². The minimum Gasteiger partial charge on any atom is -0.481 e. The van der Waals surface area contributed by atoms with E-state index in [0.717, 1.165) is 19.5 Å². The Morgan fingerprint density at radius 2 is 2.17 bits per heavy atom. The summed E-state index contributed by atoms with van der Waals surface area (Å²) >= 11 is 0. The summed E-state index contributed by atoms with van der Waals surface area (Å²) in [5, 5.41) is 8.77. The quantitative estimate of drug-likeness (QED) is 0.640. The monoisotopic (exact) mass is 253 g/mol. The van der Waals surface area contributed by atoms with Crippen molar-refractivity contribution >= 4 is 5.97 Å². The number of rotatable bonds is 9. The summed E-state index contributed by atoms with van der Waals surface area (Å²) in [5.41, 5.74) is 1.58. The maximum Gasteiger partial charge on any atom is 0.304 e. The Bertz CT molecular complexity index is 274. The van der Waals surface area contributed by atoms with Crippen molar-refractivity contribution in [1.82, 2.24) is 4.90 Å². The van der Waals surface area contributed by atoms with Crippen LogP contribution >= 0.6 is 0 Å². The van der Waals surface area contributed by atoms with Crippen molar-refractivity contribution in [3.8, 4) is 0 Å². The maximum absolute atomic E-state index is 10.6. The number of aliphatic carboxylic acids is 1. The highest BCUT2D eigenvalue weighted by Gasteiger charge is 2.09. The molecule has 0 spiro atoms. The van der Waals surface area contributed by atoms with Gasteiger partial charge in [0.15, 0.2) is 0 Å². The van der Waals surface area contributed by atoms with Gasteiger partial charge in [-0.15, -0.1) is 0 Å². The molecule has 0 aliphatic heterocycles. The standard InChI is InChI=1S/C15H27NO2/c1-2-3-11-16(13-10-15(17)18)12-9-14-7-5-4-6-8-14/h7H,2-6,8-13H2,1H3,(H,17,18). The number of unbranched alkanes of at least 4 members (excludes halogenated alkanes) is 1. The van der Waals surface area contributed by atoms with E-state index in [1.54, 1.807) is 5.57 Å². The van der Waals surface area contributed by atoms with E-state index in [2.05, 4.69) is 17.9 Å². The van der Waals surface area contributed by atoms with Crippen molar-refractivity contribution in [3.05, 3.63) is 11.6 Å². The first-order valence-electron chi connectivity index (χ1n) is 7.34. The molecule has 0 heterocycles. The Morgan fingerprint density at radius 3 is 2.78 bits per heavy atom. The van der Waals surface area contributed by atoms with Crippen LogP contribution in [0, 0.1) is 0 Å². The van der Waals surface area contributed by atoms with Gasteiger partial charge in [-0.05, 0) is 45.1 Å². The normalized spacial score (nSPS) is 15.8. The van der Waals surface area contributed by atoms with Gasteiger partial charge in [0.25, 0.3) is 0 Å². The lowest BCUT2D eigenvalue weighted by Gasteiger charge is -2.23. The number of carbonyl (C=O) groups is 1. The van der Waals surface area contributed by atoms with E-state index in [0.29, 0.717) is 6.54 Å². The number of carboxylic acids is 1. The third kappa shape index (κ3) is 6.80. The molecule has 104 valence electrons. The van der Waals surface area contributed by atoms with Gasteiger partial charge in [-0.3, -0.25) is 4.79 Å². The van der Waals surface area contributed by atoms with Crippen LogP contribution in [0.1, 0.15) is 58.3 Å². The molecule has 0 atom stereocenters. The van der Waals surface area contributed by atoms with Crippen molar-refractivity contribution < 1.29 is 9.90 Å². The number of allylic oxidation sites excluding steroid dienone is 1. The van der Waals surface area contributed by atoms with Gasteiger partial charge >= 0.3 is 5.97 Å². The van der Waals surface area contributed by atoms with Crippen LogP contribution in [0.2, 0.25) is 0 Å². The molecular weight excluding hydrogens is 226 g/mol. The van der Waals surface area contributed by atoms with Gasteiger partial charge in [0.1, 0.15) is 0 Å². The second kappa shape index (κ2) is 9.15. The summed E-state index contributed by atoms with van der Waals surface area (Å²) in [4.78, 5) is 13.0. The van der Waals surface area contributed by atoms with Crippen LogP contribution in [0.25, 0.3) is 0 Å². The fourth-order valence-electron chi connectivity index (χ4n) is 2.40. The van der Waals surface area contributed by atoms with Crippen LogP contribution in [0.4, 0.5) is 0 Å². The molecule has 18 heavy (non-hydrogen) atoms. The summed E-state index contributed by atoms with van der Waals surface area (Å²) in [7, 11) is 0. The summed E-state index contributed by atoms with van der Waals surface area (Å²) in [6.07, 6.45) is 11.3. The van der Waals surface area contributed by atoms with E-state index < -0.39 is 5.97 Å². The maximum atomic E-state index is 10.6. The molecule has 0 aromatic heterocycles. The third-order valence-corrected chi connectivity index (χ3v) is 3.60. The Morgan fingerprint density at radius 1 is 1.33 bits per heavy atom. The van der Waals surface area contributed by atoms with Crippen molar-refractivity contribution in [2.45, 2.75) is 58.3 Å². The average Bonchev–Trinajstić information content (AvgIpc) is 2.39. The molecule has 0 saturated carbocycles. The minimum atomic E-state index is -0.687. The highest BCUT2D eigenvalue weighted by Crippen LogP contribution is 2.20. The molecule has 3 nitrogen and oxygen atoms in total. The van der Waals surface area contributed by atoms with E-state index in [1.807, 2.05) is 0 Å². The van der Waals surface area contributed by atoms with Crippen molar-refractivity contribution in [2.24, 2.45) is 0 Å². The van der Waals surface area contributed by atoms with Gasteiger partial charge in [-0.1, -0.05) is 25.0 Å². The van der Waals surface area contributed by atoms with Crippen molar-refractivity contribution in [2.75, 3.05) is 19.6 Å². The topological polar surface area (TPSA) is 40.5 Å². The molecule has 0 aromatic carbocycles. The van der Waals surface area contributed by atoms with E-state index in [9.17, 15) is 4.79 Å². The number of carboxylic acid groups (broad SMARTS) is 1. The summed E-state index contributed by atoms with van der Waals surface area (Å²) in [5.74, 6) is -0.687. The first-order chi connectivity index (χ1) is 8.72. The zero-order valence-electron chi connectivity index (χ0n) is 11.7. The molecule has 0 amide bonds. The molecule has 0 radical (unpaired) electrons. The third-order valence-electron chi connectivity index (χ3n) is 3.60. The molecule has 3 heteroatoms. The van der Waals surface area contributed by atoms with Gasteiger partial charge in [0.05, 0.1) is 6.42 Å². The van der Waals surface area contributed by atoms with Gasteiger partial charge in [0, 0.05) is 13.1 Å². The van der Waals surface area contributed by atoms with E-state index >= 15 is 0 Å². The smallest absolute Gasteiger partial charge is 0.304 e. The predicted octanol–water partition coefficient (Wildman–Crippen LogP) is 3.45. The summed E-state index contributed by atoms with van der Waals surface area (Å²) in [6.45, 7) is 4.94. The lowest BCUT2D eigenvalue weighted by Crippen LogP contribution is -2.29. The van der Waals surface area contributed by atoms with E-state index in [-0.39, 0.29) is 6.42 Å². The lowest BCUT2D eigenvalue weighted by molar-refractivity contribution is -0.137.